The Hall–Kier alpha value is -3.52. The van der Waals surface area contributed by atoms with Crippen molar-refractivity contribution in [2.24, 2.45) is 0 Å². The number of aromatic nitrogens is 2. The van der Waals surface area contributed by atoms with Crippen LogP contribution in [0.25, 0.3) is 11.3 Å². The number of nitrogens with zero attached hydrogens (tertiary/aromatic N) is 2. The number of carbonyl (C=O) groups excluding carboxylic acids is 1. The van der Waals surface area contributed by atoms with Gasteiger partial charge in [-0.2, -0.15) is 5.06 Å². The molecule has 0 saturated heterocycles. The molecule has 0 spiro atoms. The summed E-state index contributed by atoms with van der Waals surface area (Å²) in [5, 5.41) is 5.36. The van der Waals surface area contributed by atoms with Crippen LogP contribution in [0.3, 0.4) is 0 Å². The van der Waals surface area contributed by atoms with Gasteiger partial charge in [-0.25, -0.2) is 4.98 Å². The van der Waals surface area contributed by atoms with E-state index >= 15 is 0 Å². The molecule has 1 aromatic heterocycles. The molecular formula is C24H18Cl2N4O3. The number of nitrogens with one attached hydrogen (secondary N) is 2. The third-order valence-electron chi connectivity index (χ3n) is 5.25. The van der Waals surface area contributed by atoms with Gasteiger partial charge in [0.1, 0.15) is 5.69 Å². The maximum atomic E-state index is 13.4. The Labute approximate surface area is 199 Å². The van der Waals surface area contributed by atoms with E-state index in [1.807, 2.05) is 36.4 Å². The first kappa shape index (κ1) is 21.3. The predicted molar refractivity (Wildman–Crippen MR) is 126 cm³/mol. The van der Waals surface area contributed by atoms with Crippen molar-refractivity contribution in [3.05, 3.63) is 100 Å². The lowest BCUT2D eigenvalue weighted by molar-refractivity contribution is -0.206. The van der Waals surface area contributed by atoms with Crippen LogP contribution in [0.2, 0.25) is 10.0 Å². The van der Waals surface area contributed by atoms with Crippen molar-refractivity contribution >= 4 is 34.8 Å². The molecule has 7 nitrogen and oxygen atoms in total. The molecular weight excluding hydrogens is 463 g/mol. The first-order valence-electron chi connectivity index (χ1n) is 10.1. The van der Waals surface area contributed by atoms with Crippen LogP contribution in [-0.2, 0) is 16.3 Å². The van der Waals surface area contributed by atoms with E-state index in [-0.39, 0.29) is 5.91 Å². The average Bonchev–Trinajstić information content (AvgIpc) is 3.50. The molecule has 2 N–H and O–H groups in total. The zero-order valence-corrected chi connectivity index (χ0v) is 18.7. The fourth-order valence-electron chi connectivity index (χ4n) is 3.65. The molecule has 2 heterocycles. The van der Waals surface area contributed by atoms with Crippen molar-refractivity contribution in [3.8, 4) is 17.0 Å². The summed E-state index contributed by atoms with van der Waals surface area (Å²) in [7, 11) is 0. The Morgan fingerprint density at radius 2 is 1.91 bits per heavy atom. The quantitative estimate of drug-likeness (QED) is 0.357. The van der Waals surface area contributed by atoms with Gasteiger partial charge in [-0.15, -0.1) is 0 Å². The minimum Gasteiger partial charge on any atom is -0.350 e. The first-order valence-corrected chi connectivity index (χ1v) is 10.9. The minimum absolute atomic E-state index is 0.291. The fourth-order valence-corrected chi connectivity index (χ4v) is 4.11. The molecule has 1 unspecified atom stereocenters. The van der Waals surface area contributed by atoms with Gasteiger partial charge in [0.25, 0.3) is 0 Å². The number of benzene rings is 3. The number of hydrogen-bond acceptors (Lipinski definition) is 5. The molecule has 1 aliphatic rings. The highest BCUT2D eigenvalue weighted by molar-refractivity contribution is 6.33. The lowest BCUT2D eigenvalue weighted by atomic mass is 10.0. The number of aromatic amines is 1. The van der Waals surface area contributed by atoms with Gasteiger partial charge in [-0.05, 0) is 41.0 Å². The normalized spacial score (nSPS) is 13.3. The second-order valence-corrected chi connectivity index (χ2v) is 8.25. The summed E-state index contributed by atoms with van der Waals surface area (Å²) in [4.78, 5) is 31.4. The Morgan fingerprint density at radius 1 is 1.09 bits per heavy atom. The summed E-state index contributed by atoms with van der Waals surface area (Å²) in [6.45, 7) is 0.298. The summed E-state index contributed by atoms with van der Waals surface area (Å²) in [5.41, 5.74) is 3.86. The summed E-state index contributed by atoms with van der Waals surface area (Å²) >= 11 is 12.5. The third-order valence-corrected chi connectivity index (χ3v) is 5.79. The molecule has 1 aliphatic heterocycles. The van der Waals surface area contributed by atoms with Crippen molar-refractivity contribution in [3.63, 3.8) is 0 Å². The Kier molecular flexibility index (Phi) is 5.92. The average molecular weight is 481 g/mol. The molecule has 3 aromatic carbocycles. The van der Waals surface area contributed by atoms with E-state index in [0.29, 0.717) is 33.6 Å². The monoisotopic (exact) mass is 480 g/mol. The number of halogens is 2. The minimum atomic E-state index is -0.860. The number of anilines is 1. The third kappa shape index (κ3) is 4.39. The highest BCUT2D eigenvalue weighted by Gasteiger charge is 2.37. The molecule has 1 amide bonds. The van der Waals surface area contributed by atoms with Crippen LogP contribution in [0, 0.1) is 0 Å². The van der Waals surface area contributed by atoms with Gasteiger partial charge in [0.15, 0.2) is 11.8 Å². The molecule has 9 heteroatoms. The molecule has 5 rings (SSSR count). The van der Waals surface area contributed by atoms with Crippen LogP contribution in [-0.4, -0.2) is 15.9 Å². The highest BCUT2D eigenvalue weighted by Crippen LogP contribution is 2.44. The van der Waals surface area contributed by atoms with Crippen LogP contribution in [0.1, 0.15) is 17.2 Å². The molecule has 1 atom stereocenters. The zero-order valence-electron chi connectivity index (χ0n) is 17.2. The molecule has 0 fully saturated rings. The van der Waals surface area contributed by atoms with E-state index in [1.54, 1.807) is 42.9 Å². The standard InChI is InChI=1S/C24H18Cl2N4O3/c25-18-4-1-3-15(11-18)12-28-24(31)22(30-23-19(26)5-2-6-21(23)32-33-30)17-9-7-16(8-10-17)20-13-27-14-29-20/h1-11,13-14,22H,12H2,(H,27,29)(H,28,31). The van der Waals surface area contributed by atoms with Crippen LogP contribution >= 0.6 is 23.2 Å². The van der Waals surface area contributed by atoms with Crippen LogP contribution in [0.15, 0.2) is 79.3 Å². The van der Waals surface area contributed by atoms with Gasteiger partial charge >= 0.3 is 0 Å². The summed E-state index contributed by atoms with van der Waals surface area (Å²) in [6.07, 6.45) is 3.35. The molecule has 0 saturated carbocycles. The van der Waals surface area contributed by atoms with Gasteiger partial charge in [-0.1, -0.05) is 70.7 Å². The SMILES string of the molecule is O=C(NCc1cccc(Cl)c1)C(c1ccc(-c2cnc[nH]2)cc1)N1OOc2cccc(Cl)c21. The van der Waals surface area contributed by atoms with Gasteiger partial charge in [-0.3, -0.25) is 4.79 Å². The lowest BCUT2D eigenvalue weighted by Gasteiger charge is -2.25. The Balaban J connectivity index is 1.47. The zero-order chi connectivity index (χ0) is 22.8. The van der Waals surface area contributed by atoms with Crippen molar-refractivity contribution in [2.45, 2.75) is 12.6 Å². The maximum absolute atomic E-state index is 13.4. The molecule has 4 aromatic rings. The molecule has 166 valence electrons. The number of para-hydroxylation sites is 1. The number of rotatable bonds is 6. The number of hydrogen-bond donors (Lipinski definition) is 2. The van der Waals surface area contributed by atoms with E-state index in [0.717, 1.165) is 16.8 Å². The summed E-state index contributed by atoms with van der Waals surface area (Å²) in [6, 6.07) is 19.2. The van der Waals surface area contributed by atoms with Crippen molar-refractivity contribution in [2.75, 3.05) is 5.06 Å². The molecule has 33 heavy (non-hydrogen) atoms. The first-order chi connectivity index (χ1) is 16.1. The largest absolute Gasteiger partial charge is 0.350 e. The van der Waals surface area contributed by atoms with Gasteiger partial charge in [0.05, 0.1) is 23.2 Å². The fraction of sp³-hybridized carbons (Fsp3) is 0.0833. The summed E-state index contributed by atoms with van der Waals surface area (Å²) in [5.74, 6) is 0.143. The number of carbonyl (C=O) groups is 1. The smallest absolute Gasteiger partial charge is 0.250 e. The number of hydroxylamine groups is 1. The van der Waals surface area contributed by atoms with Crippen molar-refractivity contribution in [1.29, 1.82) is 0 Å². The highest BCUT2D eigenvalue weighted by atomic mass is 35.5. The number of amides is 1. The van der Waals surface area contributed by atoms with Crippen LogP contribution in [0.4, 0.5) is 5.69 Å². The van der Waals surface area contributed by atoms with Crippen LogP contribution < -0.4 is 15.3 Å². The van der Waals surface area contributed by atoms with E-state index in [2.05, 4.69) is 15.3 Å². The molecule has 0 radical (unpaired) electrons. The van der Waals surface area contributed by atoms with Gasteiger partial charge < -0.3 is 15.2 Å². The van der Waals surface area contributed by atoms with E-state index < -0.39 is 6.04 Å². The molecule has 0 aliphatic carbocycles. The van der Waals surface area contributed by atoms with E-state index in [9.17, 15) is 4.79 Å². The van der Waals surface area contributed by atoms with Crippen LogP contribution in [0.5, 0.6) is 5.75 Å². The van der Waals surface area contributed by atoms with Crippen molar-refractivity contribution in [1.82, 2.24) is 15.3 Å². The second-order valence-electron chi connectivity index (χ2n) is 7.41. The number of fused-ring (bicyclic) bond motifs is 1. The van der Waals surface area contributed by atoms with Crippen molar-refractivity contribution < 1.29 is 14.7 Å². The second kappa shape index (κ2) is 9.15. The topological polar surface area (TPSA) is 79.5 Å². The number of H-pyrrole nitrogens is 1. The predicted octanol–water partition coefficient (Wildman–Crippen LogP) is 5.49. The maximum Gasteiger partial charge on any atom is 0.250 e. The lowest BCUT2D eigenvalue weighted by Crippen LogP contribution is -2.39. The Morgan fingerprint density at radius 3 is 2.67 bits per heavy atom. The van der Waals surface area contributed by atoms with Gasteiger partial charge in [0, 0.05) is 11.6 Å². The van der Waals surface area contributed by atoms with Gasteiger partial charge in [0.2, 0.25) is 5.91 Å². The Bertz CT molecular complexity index is 1280. The molecule has 0 bridgehead atoms. The van der Waals surface area contributed by atoms with E-state index in [1.165, 1.54) is 5.06 Å². The number of imidazole rings is 1. The van der Waals surface area contributed by atoms with E-state index in [4.69, 9.17) is 33.1 Å². The summed E-state index contributed by atoms with van der Waals surface area (Å²) < 4.78 is 0.